The van der Waals surface area contributed by atoms with Gasteiger partial charge in [-0.05, 0) is 24.3 Å². The molecular weight excluding hydrogens is 270 g/mol. The lowest BCUT2D eigenvalue weighted by Gasteiger charge is -2.37. The Labute approximate surface area is 124 Å². The van der Waals surface area contributed by atoms with Gasteiger partial charge in [0.15, 0.2) is 6.10 Å². The molecule has 114 valence electrons. The maximum atomic E-state index is 12.4. The fourth-order valence-corrected chi connectivity index (χ4v) is 2.94. The Morgan fingerprint density at radius 1 is 1.19 bits per heavy atom. The summed E-state index contributed by atoms with van der Waals surface area (Å²) in [6.07, 6.45) is 0.723. The van der Waals surface area contributed by atoms with Crippen LogP contribution in [0.1, 0.15) is 24.5 Å². The zero-order valence-corrected chi connectivity index (χ0v) is 11.9. The minimum absolute atomic E-state index is 0.120. The second-order valence-corrected chi connectivity index (χ2v) is 5.72. The molecule has 0 unspecified atom stereocenters. The van der Waals surface area contributed by atoms with Gasteiger partial charge < -0.3 is 19.9 Å². The monoisotopic (exact) mass is 291 g/mol. The van der Waals surface area contributed by atoms with Crippen LogP contribution in [0.15, 0.2) is 30.3 Å². The van der Waals surface area contributed by atoms with E-state index in [0.29, 0.717) is 19.1 Å². The lowest BCUT2D eigenvalue weighted by molar-refractivity contribution is -0.168. The third kappa shape index (κ3) is 3.26. The van der Waals surface area contributed by atoms with Crippen LogP contribution < -0.4 is 5.32 Å². The van der Waals surface area contributed by atoms with Gasteiger partial charge in [-0.1, -0.05) is 30.3 Å². The fraction of sp³-hybridized carbons (Fsp3) is 0.562. The van der Waals surface area contributed by atoms with Crippen molar-refractivity contribution >= 4 is 5.91 Å². The molecule has 1 aliphatic heterocycles. The van der Waals surface area contributed by atoms with Crippen molar-refractivity contribution in [1.82, 2.24) is 5.32 Å². The number of rotatable bonds is 4. The first-order valence-electron chi connectivity index (χ1n) is 7.47. The average molecular weight is 291 g/mol. The zero-order chi connectivity index (χ0) is 14.7. The van der Waals surface area contributed by atoms with Gasteiger partial charge in [-0.15, -0.1) is 0 Å². The summed E-state index contributed by atoms with van der Waals surface area (Å²) in [5.74, 6) is 0.202. The predicted octanol–water partition coefficient (Wildman–Crippen LogP) is 1.03. The summed E-state index contributed by atoms with van der Waals surface area (Å²) in [6.45, 7) is 1.13. The van der Waals surface area contributed by atoms with Crippen molar-refractivity contribution < 1.29 is 19.4 Å². The van der Waals surface area contributed by atoms with Gasteiger partial charge in [0, 0.05) is 12.6 Å². The minimum Gasteiger partial charge on any atom is -0.396 e. The van der Waals surface area contributed by atoms with Gasteiger partial charge in [0.25, 0.3) is 5.91 Å². The molecule has 0 bridgehead atoms. The van der Waals surface area contributed by atoms with Gasteiger partial charge in [0.05, 0.1) is 13.2 Å². The minimum atomic E-state index is -0.602. The first kappa shape index (κ1) is 14.5. The topological polar surface area (TPSA) is 67.8 Å². The van der Waals surface area contributed by atoms with Crippen LogP contribution in [0.2, 0.25) is 0 Å². The van der Waals surface area contributed by atoms with E-state index in [4.69, 9.17) is 14.6 Å². The number of ether oxygens (including phenoxy) is 2. The summed E-state index contributed by atoms with van der Waals surface area (Å²) >= 11 is 0. The first-order valence-corrected chi connectivity index (χ1v) is 7.47. The molecule has 3 rings (SSSR count). The highest BCUT2D eigenvalue weighted by atomic mass is 16.6. The van der Waals surface area contributed by atoms with Gasteiger partial charge in [-0.25, -0.2) is 0 Å². The van der Waals surface area contributed by atoms with Crippen LogP contribution in [0.3, 0.4) is 0 Å². The largest absolute Gasteiger partial charge is 0.396 e. The van der Waals surface area contributed by atoms with Crippen LogP contribution in [0, 0.1) is 5.92 Å². The quantitative estimate of drug-likeness (QED) is 0.869. The Kier molecular flexibility index (Phi) is 4.53. The molecule has 5 nitrogen and oxygen atoms in total. The second-order valence-electron chi connectivity index (χ2n) is 5.72. The van der Waals surface area contributed by atoms with Crippen molar-refractivity contribution in [2.75, 3.05) is 19.8 Å². The van der Waals surface area contributed by atoms with Crippen molar-refractivity contribution in [2.24, 2.45) is 5.92 Å². The van der Waals surface area contributed by atoms with Crippen molar-refractivity contribution in [1.29, 1.82) is 0 Å². The maximum absolute atomic E-state index is 12.4. The number of hydrogen-bond donors (Lipinski definition) is 2. The Balaban J connectivity index is 1.63. The van der Waals surface area contributed by atoms with E-state index in [1.165, 1.54) is 0 Å². The summed E-state index contributed by atoms with van der Waals surface area (Å²) in [4.78, 5) is 12.4. The van der Waals surface area contributed by atoms with Gasteiger partial charge in [-0.2, -0.15) is 0 Å². The standard InChI is InChI=1S/C16H21NO4/c18-10-11-8-13(9-11)17-16(19)15-14(20-6-7-21-15)12-4-2-1-3-5-12/h1-5,11,13-15,18H,6-10H2,(H,17,19)/t11?,13?,14-,15-/m1/s1. The van der Waals surface area contributed by atoms with E-state index in [1.54, 1.807) is 0 Å². The summed E-state index contributed by atoms with van der Waals surface area (Å²) in [6, 6.07) is 9.85. The molecule has 2 aliphatic rings. The van der Waals surface area contributed by atoms with E-state index in [-0.39, 0.29) is 24.7 Å². The molecule has 1 aliphatic carbocycles. The number of aliphatic hydroxyl groups excluding tert-OH is 1. The molecule has 1 aromatic carbocycles. The lowest BCUT2D eigenvalue weighted by Crippen LogP contribution is -2.52. The molecular formula is C16H21NO4. The van der Waals surface area contributed by atoms with Crippen molar-refractivity contribution in [2.45, 2.75) is 31.1 Å². The zero-order valence-electron chi connectivity index (χ0n) is 11.9. The number of benzene rings is 1. The highest BCUT2D eigenvalue weighted by Crippen LogP contribution is 2.29. The second kappa shape index (κ2) is 6.56. The molecule has 21 heavy (non-hydrogen) atoms. The smallest absolute Gasteiger partial charge is 0.252 e. The fourth-order valence-electron chi connectivity index (χ4n) is 2.94. The number of carbonyl (C=O) groups is 1. The molecule has 1 heterocycles. The lowest BCUT2D eigenvalue weighted by atomic mass is 9.81. The van der Waals surface area contributed by atoms with E-state index < -0.39 is 6.10 Å². The van der Waals surface area contributed by atoms with E-state index in [2.05, 4.69) is 5.32 Å². The summed E-state index contributed by atoms with van der Waals surface area (Å²) < 4.78 is 11.4. The third-order valence-electron chi connectivity index (χ3n) is 4.18. The van der Waals surface area contributed by atoms with E-state index in [0.717, 1.165) is 18.4 Å². The Bertz CT molecular complexity index is 472. The highest BCUT2D eigenvalue weighted by Gasteiger charge is 2.37. The molecule has 0 aromatic heterocycles. The van der Waals surface area contributed by atoms with Crippen LogP contribution in [-0.4, -0.2) is 43.0 Å². The summed E-state index contributed by atoms with van der Waals surface area (Å²) in [7, 11) is 0. The van der Waals surface area contributed by atoms with Crippen LogP contribution >= 0.6 is 0 Å². The molecule has 1 saturated heterocycles. The molecule has 5 heteroatoms. The molecule has 0 spiro atoms. The van der Waals surface area contributed by atoms with E-state index >= 15 is 0 Å². The summed E-state index contributed by atoms with van der Waals surface area (Å²) in [5, 5.41) is 12.0. The molecule has 2 fully saturated rings. The number of amides is 1. The molecule has 1 saturated carbocycles. The van der Waals surface area contributed by atoms with E-state index in [9.17, 15) is 4.79 Å². The molecule has 2 N–H and O–H groups in total. The van der Waals surface area contributed by atoms with Crippen molar-refractivity contribution in [3.8, 4) is 0 Å². The van der Waals surface area contributed by atoms with Crippen LogP contribution in [0.25, 0.3) is 0 Å². The molecule has 0 radical (unpaired) electrons. The van der Waals surface area contributed by atoms with Crippen LogP contribution in [0.4, 0.5) is 0 Å². The third-order valence-corrected chi connectivity index (χ3v) is 4.18. The van der Waals surface area contributed by atoms with Gasteiger partial charge in [-0.3, -0.25) is 4.79 Å². The molecule has 1 amide bonds. The van der Waals surface area contributed by atoms with Gasteiger partial charge in [0.2, 0.25) is 0 Å². The summed E-state index contributed by atoms with van der Waals surface area (Å²) in [5.41, 5.74) is 0.958. The normalized spacial score (nSPS) is 32.2. The number of aliphatic hydroxyl groups is 1. The Morgan fingerprint density at radius 3 is 2.62 bits per heavy atom. The van der Waals surface area contributed by atoms with E-state index in [1.807, 2.05) is 30.3 Å². The van der Waals surface area contributed by atoms with Crippen LogP contribution in [-0.2, 0) is 14.3 Å². The van der Waals surface area contributed by atoms with Gasteiger partial charge >= 0.3 is 0 Å². The Hall–Kier alpha value is -1.43. The van der Waals surface area contributed by atoms with Crippen LogP contribution in [0.5, 0.6) is 0 Å². The Morgan fingerprint density at radius 2 is 1.90 bits per heavy atom. The van der Waals surface area contributed by atoms with Gasteiger partial charge in [0.1, 0.15) is 6.10 Å². The molecule has 2 atom stereocenters. The number of nitrogens with one attached hydrogen (secondary N) is 1. The highest BCUT2D eigenvalue weighted by molar-refractivity contribution is 5.82. The van der Waals surface area contributed by atoms with Crippen molar-refractivity contribution in [3.63, 3.8) is 0 Å². The predicted molar refractivity (Wildman–Crippen MR) is 76.6 cm³/mol. The van der Waals surface area contributed by atoms with Crippen molar-refractivity contribution in [3.05, 3.63) is 35.9 Å². The molecule has 1 aromatic rings. The SMILES string of the molecule is O=C(NC1CC(CO)C1)[C@@H]1OCCO[C@@H]1c1ccccc1. The average Bonchev–Trinajstić information content (AvgIpc) is 2.51. The first-order chi connectivity index (χ1) is 10.3. The maximum Gasteiger partial charge on any atom is 0.252 e. The number of hydrogen-bond acceptors (Lipinski definition) is 4. The number of carbonyl (C=O) groups excluding carboxylic acids is 1.